The molecule has 0 radical (unpaired) electrons. The number of aromatic nitrogens is 2. The first-order valence-corrected chi connectivity index (χ1v) is 7.32. The van der Waals surface area contributed by atoms with E-state index in [2.05, 4.69) is 45.6 Å². The van der Waals surface area contributed by atoms with Crippen LogP contribution in [-0.4, -0.2) is 33.8 Å². The molecule has 1 aliphatic rings. The van der Waals surface area contributed by atoms with Gasteiger partial charge in [0, 0.05) is 38.4 Å². The molecule has 0 saturated carbocycles. The topological polar surface area (TPSA) is 33.1 Å². The molecule has 1 saturated heterocycles. The summed E-state index contributed by atoms with van der Waals surface area (Å²) >= 11 is 0. The van der Waals surface area contributed by atoms with Crippen molar-refractivity contribution in [3.63, 3.8) is 0 Å². The van der Waals surface area contributed by atoms with Gasteiger partial charge in [-0.15, -0.1) is 0 Å². The highest BCUT2D eigenvalue weighted by Crippen LogP contribution is 2.16. The summed E-state index contributed by atoms with van der Waals surface area (Å²) in [6.45, 7) is 3.32. The summed E-state index contributed by atoms with van der Waals surface area (Å²) in [6, 6.07) is 13.3. The lowest BCUT2D eigenvalue weighted by Gasteiger charge is -2.33. The van der Waals surface area contributed by atoms with Gasteiger partial charge in [-0.2, -0.15) is 5.10 Å². The van der Waals surface area contributed by atoms with Gasteiger partial charge in [-0.1, -0.05) is 30.3 Å². The van der Waals surface area contributed by atoms with E-state index < -0.39 is 0 Å². The van der Waals surface area contributed by atoms with Crippen molar-refractivity contribution in [1.82, 2.24) is 14.7 Å². The third kappa shape index (κ3) is 3.39. The molecule has 1 N–H and O–H groups in total. The summed E-state index contributed by atoms with van der Waals surface area (Å²) in [5, 5.41) is 7.94. The highest BCUT2D eigenvalue weighted by Gasteiger charge is 2.20. The van der Waals surface area contributed by atoms with Gasteiger partial charge in [-0.25, -0.2) is 0 Å². The van der Waals surface area contributed by atoms with E-state index in [-0.39, 0.29) is 0 Å². The normalized spacial score (nSPS) is 19.9. The number of benzene rings is 1. The van der Waals surface area contributed by atoms with Crippen molar-refractivity contribution in [2.45, 2.75) is 25.4 Å². The summed E-state index contributed by atoms with van der Waals surface area (Å²) in [7, 11) is 1.95. The van der Waals surface area contributed by atoms with Crippen LogP contribution in [0.25, 0.3) is 0 Å². The summed E-state index contributed by atoms with van der Waals surface area (Å²) in [5.41, 5.74) is 1.39. The van der Waals surface area contributed by atoms with Crippen molar-refractivity contribution in [3.05, 3.63) is 48.2 Å². The van der Waals surface area contributed by atoms with Crippen molar-refractivity contribution < 1.29 is 0 Å². The van der Waals surface area contributed by atoms with Crippen molar-refractivity contribution in [3.8, 4) is 0 Å². The van der Waals surface area contributed by atoms with E-state index in [0.29, 0.717) is 6.04 Å². The molecule has 1 aromatic carbocycles. The fraction of sp³-hybridized carbons (Fsp3) is 0.438. The number of anilines is 1. The standard InChI is InChI=1S/C16H22N4/c1-19-11-9-16(18-19)17-15-8-5-10-20(13-15)12-14-6-3-2-4-7-14/h2-4,6-7,9,11,15H,5,8,10,12-13H2,1H3,(H,17,18). The zero-order valence-corrected chi connectivity index (χ0v) is 12.0. The SMILES string of the molecule is Cn1ccc(NC2CCCN(Cc3ccccc3)C2)n1. The van der Waals surface area contributed by atoms with Crippen molar-refractivity contribution in [2.24, 2.45) is 7.05 Å². The summed E-state index contributed by atoms with van der Waals surface area (Å²) in [5.74, 6) is 0.985. The Kier molecular flexibility index (Phi) is 4.02. The number of hydrogen-bond acceptors (Lipinski definition) is 3. The molecule has 0 aliphatic carbocycles. The lowest BCUT2D eigenvalue weighted by molar-refractivity contribution is 0.208. The molecule has 0 spiro atoms. The molecule has 4 nitrogen and oxygen atoms in total. The van der Waals surface area contributed by atoms with Crippen LogP contribution in [0.3, 0.4) is 0 Å². The Labute approximate surface area is 120 Å². The van der Waals surface area contributed by atoms with Crippen LogP contribution in [0.4, 0.5) is 5.82 Å². The second kappa shape index (κ2) is 6.09. The lowest BCUT2D eigenvalue weighted by Crippen LogP contribution is -2.41. The quantitative estimate of drug-likeness (QED) is 0.926. The molecule has 0 bridgehead atoms. The Morgan fingerprint density at radius 2 is 2.10 bits per heavy atom. The molecular formula is C16H22N4. The Morgan fingerprint density at radius 3 is 2.85 bits per heavy atom. The zero-order valence-electron chi connectivity index (χ0n) is 12.0. The van der Waals surface area contributed by atoms with Gasteiger partial charge >= 0.3 is 0 Å². The zero-order chi connectivity index (χ0) is 13.8. The van der Waals surface area contributed by atoms with Crippen LogP contribution >= 0.6 is 0 Å². The predicted octanol–water partition coefficient (Wildman–Crippen LogP) is 2.50. The van der Waals surface area contributed by atoms with Crippen LogP contribution in [0.15, 0.2) is 42.6 Å². The molecule has 1 aliphatic heterocycles. The second-order valence-corrected chi connectivity index (χ2v) is 5.58. The lowest BCUT2D eigenvalue weighted by atomic mass is 10.0. The molecule has 106 valence electrons. The van der Waals surface area contributed by atoms with Gasteiger partial charge in [-0.3, -0.25) is 9.58 Å². The van der Waals surface area contributed by atoms with Gasteiger partial charge in [0.25, 0.3) is 0 Å². The van der Waals surface area contributed by atoms with E-state index in [9.17, 15) is 0 Å². The fourth-order valence-corrected chi connectivity index (χ4v) is 2.86. The van der Waals surface area contributed by atoms with Gasteiger partial charge in [-0.05, 0) is 24.9 Å². The fourth-order valence-electron chi connectivity index (χ4n) is 2.86. The molecule has 3 rings (SSSR count). The van der Waals surface area contributed by atoms with E-state index in [4.69, 9.17) is 0 Å². The van der Waals surface area contributed by atoms with Crippen molar-refractivity contribution in [1.29, 1.82) is 0 Å². The maximum Gasteiger partial charge on any atom is 0.148 e. The molecule has 1 atom stereocenters. The first-order chi connectivity index (χ1) is 9.79. The number of nitrogens with one attached hydrogen (secondary N) is 1. The summed E-state index contributed by atoms with van der Waals surface area (Å²) < 4.78 is 1.84. The number of rotatable bonds is 4. The monoisotopic (exact) mass is 270 g/mol. The van der Waals surface area contributed by atoms with E-state index in [1.807, 2.05) is 24.0 Å². The van der Waals surface area contributed by atoms with E-state index in [0.717, 1.165) is 18.9 Å². The third-order valence-corrected chi connectivity index (χ3v) is 3.82. The molecule has 2 aromatic rings. The first-order valence-electron chi connectivity index (χ1n) is 7.32. The minimum absolute atomic E-state index is 0.502. The average Bonchev–Trinajstić information content (AvgIpc) is 2.86. The minimum Gasteiger partial charge on any atom is -0.365 e. The van der Waals surface area contributed by atoms with Crippen LogP contribution in [0.1, 0.15) is 18.4 Å². The first kappa shape index (κ1) is 13.2. The van der Waals surface area contributed by atoms with Crippen LogP contribution in [-0.2, 0) is 13.6 Å². The van der Waals surface area contributed by atoms with Crippen LogP contribution in [0, 0.1) is 0 Å². The molecule has 1 unspecified atom stereocenters. The number of nitrogens with zero attached hydrogens (tertiary/aromatic N) is 3. The molecule has 20 heavy (non-hydrogen) atoms. The van der Waals surface area contributed by atoms with E-state index in [1.54, 1.807) is 0 Å². The van der Waals surface area contributed by atoms with Gasteiger partial charge < -0.3 is 5.32 Å². The second-order valence-electron chi connectivity index (χ2n) is 5.58. The van der Waals surface area contributed by atoms with Crippen LogP contribution < -0.4 is 5.32 Å². The van der Waals surface area contributed by atoms with Gasteiger partial charge in [0.05, 0.1) is 0 Å². The van der Waals surface area contributed by atoms with E-state index in [1.165, 1.54) is 24.9 Å². The van der Waals surface area contributed by atoms with Gasteiger partial charge in [0.15, 0.2) is 0 Å². The number of hydrogen-bond donors (Lipinski definition) is 1. The number of piperidine rings is 1. The number of aryl methyl sites for hydroxylation is 1. The average molecular weight is 270 g/mol. The smallest absolute Gasteiger partial charge is 0.148 e. The van der Waals surface area contributed by atoms with Gasteiger partial charge in [0.2, 0.25) is 0 Å². The minimum atomic E-state index is 0.502. The molecule has 1 fully saturated rings. The Balaban J connectivity index is 1.56. The van der Waals surface area contributed by atoms with Crippen molar-refractivity contribution >= 4 is 5.82 Å². The Bertz CT molecular complexity index is 534. The highest BCUT2D eigenvalue weighted by molar-refractivity contribution is 5.33. The third-order valence-electron chi connectivity index (χ3n) is 3.82. The largest absolute Gasteiger partial charge is 0.365 e. The number of likely N-dealkylation sites (tertiary alicyclic amines) is 1. The Morgan fingerprint density at radius 1 is 1.25 bits per heavy atom. The maximum absolute atomic E-state index is 4.40. The van der Waals surface area contributed by atoms with Crippen LogP contribution in [0.5, 0.6) is 0 Å². The summed E-state index contributed by atoms with van der Waals surface area (Å²) in [4.78, 5) is 2.53. The molecule has 1 aromatic heterocycles. The Hall–Kier alpha value is -1.81. The highest BCUT2D eigenvalue weighted by atomic mass is 15.3. The molecule has 2 heterocycles. The van der Waals surface area contributed by atoms with Crippen LogP contribution in [0.2, 0.25) is 0 Å². The molecule has 4 heteroatoms. The van der Waals surface area contributed by atoms with E-state index >= 15 is 0 Å². The molecular weight excluding hydrogens is 248 g/mol. The summed E-state index contributed by atoms with van der Waals surface area (Å²) in [6.07, 6.45) is 4.45. The molecule has 0 amide bonds. The van der Waals surface area contributed by atoms with Crippen molar-refractivity contribution in [2.75, 3.05) is 18.4 Å². The van der Waals surface area contributed by atoms with Gasteiger partial charge in [0.1, 0.15) is 5.82 Å². The maximum atomic E-state index is 4.40. The predicted molar refractivity (Wildman–Crippen MR) is 81.6 cm³/mol.